The van der Waals surface area contributed by atoms with Crippen LogP contribution in [0.25, 0.3) is 0 Å². The van der Waals surface area contributed by atoms with Crippen molar-refractivity contribution in [1.29, 1.82) is 0 Å². The molecule has 0 spiro atoms. The first-order chi connectivity index (χ1) is 2.93. The Morgan fingerprint density at radius 3 is 2.50 bits per heavy atom. The molecule has 1 nitrogen and oxygen atoms in total. The molecule has 0 unspecified atom stereocenters. The van der Waals surface area contributed by atoms with E-state index in [1.807, 2.05) is 0 Å². The van der Waals surface area contributed by atoms with Gasteiger partial charge in [-0.1, -0.05) is 0 Å². The second kappa shape index (κ2) is 1.61. The molecule has 0 aromatic heterocycles. The van der Waals surface area contributed by atoms with Gasteiger partial charge in [0, 0.05) is 13.7 Å². The molecule has 1 fully saturated rings. The van der Waals surface area contributed by atoms with Gasteiger partial charge in [-0.05, 0) is 18.8 Å². The largest absolute Gasteiger partial charge is 0.384 e. The lowest BCUT2D eigenvalue weighted by Gasteiger charge is -1.87. The molecule has 36 valence electrons. The summed E-state index contributed by atoms with van der Waals surface area (Å²) in [5.41, 5.74) is 0. The Bertz CT molecular complexity index is 39.2. The van der Waals surface area contributed by atoms with E-state index in [1.165, 1.54) is 12.8 Å². The third kappa shape index (κ3) is 0.977. The van der Waals surface area contributed by atoms with Crippen LogP contribution in [-0.4, -0.2) is 13.7 Å². The Morgan fingerprint density at radius 1 is 1.67 bits per heavy atom. The predicted molar refractivity (Wildman–Crippen MR) is 24.6 cm³/mol. The molecule has 0 amide bonds. The highest BCUT2D eigenvalue weighted by Gasteiger charge is 2.19. The van der Waals surface area contributed by atoms with Gasteiger partial charge in [0.05, 0.1) is 0 Å². The minimum Gasteiger partial charge on any atom is -0.384 e. The van der Waals surface area contributed by atoms with Crippen LogP contribution in [0.15, 0.2) is 0 Å². The molecule has 0 aromatic carbocycles. The van der Waals surface area contributed by atoms with Crippen LogP contribution in [0, 0.1) is 5.92 Å². The highest BCUT2D eigenvalue weighted by Crippen LogP contribution is 2.28. The van der Waals surface area contributed by atoms with Gasteiger partial charge in [0.25, 0.3) is 0 Å². The Balaban J connectivity index is 1.88. The maximum Gasteiger partial charge on any atom is 0.0490 e. The van der Waals surface area contributed by atoms with Crippen LogP contribution in [0.1, 0.15) is 12.8 Å². The zero-order chi connectivity index (χ0) is 4.41. The number of hydrogen-bond acceptors (Lipinski definition) is 1. The van der Waals surface area contributed by atoms with E-state index in [1.54, 1.807) is 7.11 Å². The van der Waals surface area contributed by atoms with Crippen molar-refractivity contribution in [2.24, 2.45) is 5.92 Å². The first-order valence-electron chi connectivity index (χ1n) is 2.42. The van der Waals surface area contributed by atoms with Crippen molar-refractivity contribution in [3.8, 4) is 0 Å². The molecule has 1 heteroatoms. The van der Waals surface area contributed by atoms with Gasteiger partial charge in [-0.3, -0.25) is 0 Å². The number of rotatable bonds is 2. The molecule has 0 bridgehead atoms. The summed E-state index contributed by atoms with van der Waals surface area (Å²) in [5.74, 6) is 0.926. The SMILES string of the molecule is COCC1CC1. The van der Waals surface area contributed by atoms with E-state index in [-0.39, 0.29) is 0 Å². The van der Waals surface area contributed by atoms with Crippen LogP contribution < -0.4 is 0 Å². The van der Waals surface area contributed by atoms with Crippen LogP contribution in [-0.2, 0) is 4.74 Å². The smallest absolute Gasteiger partial charge is 0.0490 e. The Hall–Kier alpha value is -0.0400. The van der Waals surface area contributed by atoms with Crippen LogP contribution in [0.2, 0.25) is 0 Å². The van der Waals surface area contributed by atoms with Crippen LogP contribution in [0.5, 0.6) is 0 Å². The van der Waals surface area contributed by atoms with Gasteiger partial charge in [0.15, 0.2) is 0 Å². The van der Waals surface area contributed by atoms with Crippen molar-refractivity contribution in [3.63, 3.8) is 0 Å². The van der Waals surface area contributed by atoms with Gasteiger partial charge in [0.2, 0.25) is 0 Å². The molecule has 0 heterocycles. The van der Waals surface area contributed by atoms with Gasteiger partial charge in [-0.15, -0.1) is 0 Å². The van der Waals surface area contributed by atoms with E-state index in [2.05, 4.69) is 0 Å². The highest BCUT2D eigenvalue weighted by atomic mass is 16.5. The fourth-order valence-electron chi connectivity index (χ4n) is 0.520. The lowest BCUT2D eigenvalue weighted by atomic mass is 10.5. The summed E-state index contributed by atoms with van der Waals surface area (Å²) in [5, 5.41) is 0. The van der Waals surface area contributed by atoms with Gasteiger partial charge in [0.1, 0.15) is 0 Å². The van der Waals surface area contributed by atoms with Gasteiger partial charge < -0.3 is 4.74 Å². The average molecular weight is 86.1 g/mol. The van der Waals surface area contributed by atoms with Crippen molar-refractivity contribution in [1.82, 2.24) is 0 Å². The zero-order valence-corrected chi connectivity index (χ0v) is 4.11. The average Bonchev–Trinajstić information content (AvgIpc) is 2.21. The van der Waals surface area contributed by atoms with Crippen molar-refractivity contribution in [3.05, 3.63) is 0 Å². The van der Waals surface area contributed by atoms with E-state index in [0.29, 0.717) is 0 Å². The number of ether oxygens (including phenoxy) is 1. The van der Waals surface area contributed by atoms with E-state index >= 15 is 0 Å². The molecule has 0 atom stereocenters. The van der Waals surface area contributed by atoms with Crippen molar-refractivity contribution < 1.29 is 4.74 Å². The molecule has 0 N–H and O–H groups in total. The minimum absolute atomic E-state index is 0.926. The summed E-state index contributed by atoms with van der Waals surface area (Å²) in [4.78, 5) is 0. The lowest BCUT2D eigenvalue weighted by molar-refractivity contribution is 0.186. The standard InChI is InChI=1S/C5H10O/c1-6-4-5-2-3-5/h5H,2-4H2,1H3. The second-order valence-corrected chi connectivity index (χ2v) is 1.90. The second-order valence-electron chi connectivity index (χ2n) is 1.90. The Morgan fingerprint density at radius 2 is 2.33 bits per heavy atom. The fraction of sp³-hybridized carbons (Fsp3) is 1.00. The van der Waals surface area contributed by atoms with Crippen molar-refractivity contribution >= 4 is 0 Å². The highest BCUT2D eigenvalue weighted by molar-refractivity contribution is 4.71. The van der Waals surface area contributed by atoms with Gasteiger partial charge in [-0.2, -0.15) is 0 Å². The molecule has 1 aliphatic rings. The van der Waals surface area contributed by atoms with Gasteiger partial charge in [-0.25, -0.2) is 0 Å². The molecular formula is C5H10O. The lowest BCUT2D eigenvalue weighted by Crippen LogP contribution is -1.87. The first-order valence-corrected chi connectivity index (χ1v) is 2.42. The van der Waals surface area contributed by atoms with Crippen molar-refractivity contribution in [2.45, 2.75) is 12.8 Å². The minimum atomic E-state index is 0.926. The molecule has 1 aliphatic carbocycles. The zero-order valence-electron chi connectivity index (χ0n) is 4.11. The summed E-state index contributed by atoms with van der Waals surface area (Å²) in [6.45, 7) is 0.986. The summed E-state index contributed by atoms with van der Waals surface area (Å²) in [6.07, 6.45) is 2.79. The van der Waals surface area contributed by atoms with Crippen molar-refractivity contribution in [2.75, 3.05) is 13.7 Å². The molecule has 0 aliphatic heterocycles. The quantitative estimate of drug-likeness (QED) is 0.488. The summed E-state index contributed by atoms with van der Waals surface area (Å²) in [6, 6.07) is 0. The molecule has 1 rings (SSSR count). The maximum absolute atomic E-state index is 4.87. The Kier molecular flexibility index (Phi) is 1.10. The maximum atomic E-state index is 4.87. The van der Waals surface area contributed by atoms with E-state index < -0.39 is 0 Å². The third-order valence-corrected chi connectivity index (χ3v) is 1.10. The normalized spacial score (nSPS) is 21.5. The molecule has 0 aromatic rings. The fourth-order valence-corrected chi connectivity index (χ4v) is 0.520. The van der Waals surface area contributed by atoms with Crippen LogP contribution >= 0.6 is 0 Å². The summed E-state index contributed by atoms with van der Waals surface area (Å²) >= 11 is 0. The van der Waals surface area contributed by atoms with E-state index in [4.69, 9.17) is 4.74 Å². The summed E-state index contributed by atoms with van der Waals surface area (Å²) in [7, 11) is 1.76. The van der Waals surface area contributed by atoms with Gasteiger partial charge >= 0.3 is 0 Å². The first kappa shape index (κ1) is 4.13. The molecule has 6 heavy (non-hydrogen) atoms. The molecule has 1 saturated carbocycles. The van der Waals surface area contributed by atoms with Crippen LogP contribution in [0.4, 0.5) is 0 Å². The third-order valence-electron chi connectivity index (χ3n) is 1.10. The number of methoxy groups -OCH3 is 1. The molecule has 0 radical (unpaired) electrons. The molecule has 0 saturated heterocycles. The summed E-state index contributed by atoms with van der Waals surface area (Å²) < 4.78 is 4.87. The predicted octanol–water partition coefficient (Wildman–Crippen LogP) is 1.04. The van der Waals surface area contributed by atoms with E-state index in [0.717, 1.165) is 12.5 Å². The molecular weight excluding hydrogens is 76.1 g/mol. The number of hydrogen-bond donors (Lipinski definition) is 0. The van der Waals surface area contributed by atoms with Crippen LogP contribution in [0.3, 0.4) is 0 Å². The monoisotopic (exact) mass is 86.1 g/mol. The van der Waals surface area contributed by atoms with E-state index in [9.17, 15) is 0 Å². The topological polar surface area (TPSA) is 9.23 Å². The Labute approximate surface area is 38.3 Å².